The maximum atomic E-state index is 13.1. The fourth-order valence-corrected chi connectivity index (χ4v) is 4.35. The van der Waals surface area contributed by atoms with Crippen LogP contribution >= 0.6 is 0 Å². The molecule has 156 valence electrons. The zero-order valence-electron chi connectivity index (χ0n) is 16.2. The second-order valence-corrected chi connectivity index (χ2v) is 7.75. The molecule has 4 rings (SSSR count). The zero-order chi connectivity index (χ0) is 21.4. The van der Waals surface area contributed by atoms with Gasteiger partial charge in [0.25, 0.3) is 5.91 Å². The van der Waals surface area contributed by atoms with Crippen LogP contribution in [-0.4, -0.2) is 36.3 Å². The molecule has 2 aromatic carbocycles. The van der Waals surface area contributed by atoms with E-state index < -0.39 is 11.7 Å². The van der Waals surface area contributed by atoms with Crippen LogP contribution in [0.2, 0.25) is 0 Å². The largest absolute Gasteiger partial charge is 0.416 e. The van der Waals surface area contributed by atoms with Crippen molar-refractivity contribution in [2.45, 2.75) is 24.4 Å². The Balaban J connectivity index is 1.47. The van der Waals surface area contributed by atoms with Crippen LogP contribution in [0.15, 0.2) is 54.6 Å². The second kappa shape index (κ2) is 7.63. The lowest BCUT2D eigenvalue weighted by atomic mass is 9.69. The van der Waals surface area contributed by atoms with E-state index in [1.165, 1.54) is 30.4 Å². The maximum absolute atomic E-state index is 13.1. The molecule has 0 aromatic heterocycles. The molecular formula is C23H21F3N2O2. The Labute approximate surface area is 172 Å². The van der Waals surface area contributed by atoms with E-state index in [1.807, 2.05) is 24.3 Å². The van der Waals surface area contributed by atoms with Crippen LogP contribution in [0.5, 0.6) is 0 Å². The number of fused-ring (bicyclic) bond motifs is 2. The van der Waals surface area contributed by atoms with Crippen LogP contribution in [-0.2, 0) is 16.4 Å². The molecule has 30 heavy (non-hydrogen) atoms. The standard InChI is InChI=1S/C23H21F3N2O2/c24-23(25,26)18-7-3-1-5-16(18)9-10-20(29)28-13-11-22(12-14-28)15-27-21(30)17-6-2-4-8-19(17)22/h1-10H,11-15H2,(H,27,30)/b10-9+. The number of hydrogen-bond acceptors (Lipinski definition) is 2. The van der Waals surface area contributed by atoms with Gasteiger partial charge in [0, 0.05) is 36.7 Å². The summed E-state index contributed by atoms with van der Waals surface area (Å²) in [6, 6.07) is 12.7. The van der Waals surface area contributed by atoms with E-state index in [0.717, 1.165) is 11.6 Å². The normalized spacial score (nSPS) is 18.4. The zero-order valence-corrected chi connectivity index (χ0v) is 16.2. The van der Waals surface area contributed by atoms with Crippen LogP contribution in [0.25, 0.3) is 6.08 Å². The van der Waals surface area contributed by atoms with Crippen molar-refractivity contribution in [3.8, 4) is 0 Å². The lowest BCUT2D eigenvalue weighted by molar-refractivity contribution is -0.137. The molecule has 2 aliphatic heterocycles. The highest BCUT2D eigenvalue weighted by Gasteiger charge is 2.42. The molecule has 0 aliphatic carbocycles. The van der Waals surface area contributed by atoms with Gasteiger partial charge in [-0.2, -0.15) is 13.2 Å². The van der Waals surface area contributed by atoms with Crippen LogP contribution in [0, 0.1) is 0 Å². The summed E-state index contributed by atoms with van der Waals surface area (Å²) >= 11 is 0. The number of nitrogens with one attached hydrogen (secondary N) is 1. The third-order valence-electron chi connectivity index (χ3n) is 6.03. The van der Waals surface area contributed by atoms with Gasteiger partial charge in [0.1, 0.15) is 0 Å². The fourth-order valence-electron chi connectivity index (χ4n) is 4.35. The van der Waals surface area contributed by atoms with E-state index in [9.17, 15) is 22.8 Å². The number of rotatable bonds is 2. The topological polar surface area (TPSA) is 49.4 Å². The quantitative estimate of drug-likeness (QED) is 0.755. The van der Waals surface area contributed by atoms with Crippen LogP contribution in [0.1, 0.15) is 39.9 Å². The number of hydrogen-bond donors (Lipinski definition) is 1. The molecule has 4 nitrogen and oxygen atoms in total. The number of carbonyl (C=O) groups is 2. The number of carbonyl (C=O) groups excluding carboxylic acids is 2. The van der Waals surface area contributed by atoms with E-state index in [2.05, 4.69) is 5.32 Å². The molecule has 2 aliphatic rings. The van der Waals surface area contributed by atoms with Gasteiger partial charge >= 0.3 is 6.18 Å². The first-order valence-electron chi connectivity index (χ1n) is 9.81. The molecule has 0 radical (unpaired) electrons. The molecule has 0 unspecified atom stereocenters. The number of halogens is 3. The average molecular weight is 414 g/mol. The third kappa shape index (κ3) is 3.72. The van der Waals surface area contributed by atoms with Crippen LogP contribution < -0.4 is 5.32 Å². The molecular weight excluding hydrogens is 393 g/mol. The smallest absolute Gasteiger partial charge is 0.351 e. The van der Waals surface area contributed by atoms with Crippen molar-refractivity contribution in [3.05, 3.63) is 76.9 Å². The number of amides is 2. The van der Waals surface area contributed by atoms with E-state index in [4.69, 9.17) is 0 Å². The highest BCUT2D eigenvalue weighted by molar-refractivity contribution is 5.97. The van der Waals surface area contributed by atoms with Gasteiger partial charge in [-0.15, -0.1) is 0 Å². The predicted molar refractivity (Wildman–Crippen MR) is 107 cm³/mol. The van der Waals surface area contributed by atoms with Gasteiger partial charge in [-0.25, -0.2) is 0 Å². The number of nitrogens with zero attached hydrogens (tertiary/aromatic N) is 1. The van der Waals surface area contributed by atoms with Gasteiger partial charge < -0.3 is 10.2 Å². The Morgan fingerprint density at radius 2 is 1.70 bits per heavy atom. The van der Waals surface area contributed by atoms with Crippen molar-refractivity contribution in [3.63, 3.8) is 0 Å². The van der Waals surface area contributed by atoms with E-state index in [1.54, 1.807) is 4.90 Å². The van der Waals surface area contributed by atoms with Crippen LogP contribution in [0.3, 0.4) is 0 Å². The highest BCUT2D eigenvalue weighted by atomic mass is 19.4. The number of likely N-dealkylation sites (tertiary alicyclic amines) is 1. The van der Waals surface area contributed by atoms with Gasteiger partial charge in [0.05, 0.1) is 5.56 Å². The Morgan fingerprint density at radius 3 is 2.43 bits per heavy atom. The Hall–Kier alpha value is -3.09. The van der Waals surface area contributed by atoms with Crippen molar-refractivity contribution < 1.29 is 22.8 Å². The predicted octanol–water partition coefficient (Wildman–Crippen LogP) is 4.02. The molecule has 0 atom stereocenters. The Bertz CT molecular complexity index is 1010. The minimum Gasteiger partial charge on any atom is -0.351 e. The van der Waals surface area contributed by atoms with Crippen molar-refractivity contribution in [2.24, 2.45) is 0 Å². The summed E-state index contributed by atoms with van der Waals surface area (Å²) in [5.41, 5.74) is 0.674. The lowest BCUT2D eigenvalue weighted by Crippen LogP contribution is -2.53. The lowest BCUT2D eigenvalue weighted by Gasteiger charge is -2.45. The molecule has 2 amide bonds. The van der Waals surface area contributed by atoms with Gasteiger partial charge in [-0.3, -0.25) is 9.59 Å². The molecule has 1 fully saturated rings. The first-order chi connectivity index (χ1) is 14.3. The highest BCUT2D eigenvalue weighted by Crippen LogP contribution is 2.39. The summed E-state index contributed by atoms with van der Waals surface area (Å²) in [6.45, 7) is 1.49. The monoisotopic (exact) mass is 414 g/mol. The van der Waals surface area contributed by atoms with Crippen LogP contribution in [0.4, 0.5) is 13.2 Å². The SMILES string of the molecule is O=C1NCC2(CCN(C(=O)/C=C/c3ccccc3C(F)(F)F)CC2)c2ccccc21. The van der Waals surface area contributed by atoms with Crippen molar-refractivity contribution >= 4 is 17.9 Å². The molecule has 1 N–H and O–H groups in total. The van der Waals surface area contributed by atoms with Crippen molar-refractivity contribution in [1.29, 1.82) is 0 Å². The van der Waals surface area contributed by atoms with Crippen molar-refractivity contribution in [1.82, 2.24) is 10.2 Å². The average Bonchev–Trinajstić information content (AvgIpc) is 2.75. The molecule has 2 aromatic rings. The first kappa shape index (κ1) is 20.2. The minimum absolute atomic E-state index is 0.0317. The maximum Gasteiger partial charge on any atom is 0.416 e. The molecule has 1 spiro atoms. The molecule has 7 heteroatoms. The Kier molecular flexibility index (Phi) is 5.13. The summed E-state index contributed by atoms with van der Waals surface area (Å²) in [5, 5.41) is 2.95. The van der Waals surface area contributed by atoms with Crippen molar-refractivity contribution in [2.75, 3.05) is 19.6 Å². The minimum atomic E-state index is -4.47. The molecule has 1 saturated heterocycles. The van der Waals surface area contributed by atoms with E-state index >= 15 is 0 Å². The van der Waals surface area contributed by atoms with Gasteiger partial charge in [-0.05, 0) is 42.2 Å². The number of benzene rings is 2. The molecule has 0 bridgehead atoms. The molecule has 0 saturated carbocycles. The number of piperidine rings is 1. The Morgan fingerprint density at radius 1 is 1.03 bits per heavy atom. The van der Waals surface area contributed by atoms with E-state index in [-0.39, 0.29) is 22.8 Å². The summed E-state index contributed by atoms with van der Waals surface area (Å²) in [4.78, 5) is 26.4. The number of alkyl halides is 3. The second-order valence-electron chi connectivity index (χ2n) is 7.75. The first-order valence-corrected chi connectivity index (χ1v) is 9.81. The van der Waals surface area contributed by atoms with Gasteiger partial charge in [-0.1, -0.05) is 36.4 Å². The fraction of sp³-hybridized carbons (Fsp3) is 0.304. The summed E-state index contributed by atoms with van der Waals surface area (Å²) in [7, 11) is 0. The van der Waals surface area contributed by atoms with Gasteiger partial charge in [0.2, 0.25) is 5.91 Å². The van der Waals surface area contributed by atoms with E-state index in [0.29, 0.717) is 38.0 Å². The summed E-state index contributed by atoms with van der Waals surface area (Å²) < 4.78 is 39.4. The van der Waals surface area contributed by atoms with Gasteiger partial charge in [0.15, 0.2) is 0 Å². The summed E-state index contributed by atoms with van der Waals surface area (Å²) in [5.74, 6) is -0.393. The third-order valence-corrected chi connectivity index (χ3v) is 6.03. The summed E-state index contributed by atoms with van der Waals surface area (Å²) in [6.07, 6.45) is -0.670. The molecule has 2 heterocycles.